The van der Waals surface area contributed by atoms with Crippen LogP contribution in [0, 0.1) is 5.92 Å². The topological polar surface area (TPSA) is 64.6 Å². The molecule has 28 heavy (non-hydrogen) atoms. The van der Waals surface area contributed by atoms with Gasteiger partial charge in [0.1, 0.15) is 5.75 Å². The molecule has 0 unspecified atom stereocenters. The molecule has 2 aromatic carbocycles. The Morgan fingerprint density at radius 3 is 2.14 bits per heavy atom. The zero-order chi connectivity index (χ0) is 20.7. The van der Waals surface area contributed by atoms with Crippen molar-refractivity contribution in [3.05, 3.63) is 59.7 Å². The Bertz CT molecular complexity index is 800. The minimum absolute atomic E-state index is 0.167. The van der Waals surface area contributed by atoms with Crippen molar-refractivity contribution < 1.29 is 32.2 Å². The van der Waals surface area contributed by atoms with Gasteiger partial charge in [0, 0.05) is 5.69 Å². The molecule has 0 aliphatic rings. The minimum atomic E-state index is -4.45. The lowest BCUT2D eigenvalue weighted by Crippen LogP contribution is -2.21. The van der Waals surface area contributed by atoms with Crippen molar-refractivity contribution in [3.8, 4) is 5.75 Å². The number of esters is 1. The van der Waals surface area contributed by atoms with Crippen LogP contribution in [0.3, 0.4) is 0 Å². The van der Waals surface area contributed by atoms with E-state index in [4.69, 9.17) is 9.47 Å². The lowest BCUT2D eigenvalue weighted by Gasteiger charge is -2.10. The molecule has 5 nitrogen and oxygen atoms in total. The first-order chi connectivity index (χ1) is 13.1. The van der Waals surface area contributed by atoms with Gasteiger partial charge in [-0.05, 0) is 54.4 Å². The third kappa shape index (κ3) is 6.61. The van der Waals surface area contributed by atoms with Crippen LogP contribution in [0.4, 0.5) is 18.9 Å². The van der Waals surface area contributed by atoms with Crippen LogP contribution in [0.25, 0.3) is 0 Å². The molecule has 0 saturated carbocycles. The summed E-state index contributed by atoms with van der Waals surface area (Å²) in [6.45, 7) is 4.02. The van der Waals surface area contributed by atoms with Crippen molar-refractivity contribution in [2.24, 2.45) is 5.92 Å². The first-order valence-electron chi connectivity index (χ1n) is 8.52. The van der Waals surface area contributed by atoms with E-state index in [1.54, 1.807) is 12.1 Å². The molecule has 0 saturated heterocycles. The quantitative estimate of drug-likeness (QED) is 0.700. The third-order valence-electron chi connectivity index (χ3n) is 3.50. The van der Waals surface area contributed by atoms with Crippen LogP contribution in [0.2, 0.25) is 0 Å². The molecule has 0 heterocycles. The maximum Gasteiger partial charge on any atom is 0.416 e. The Labute approximate surface area is 160 Å². The van der Waals surface area contributed by atoms with Gasteiger partial charge in [-0.15, -0.1) is 0 Å². The van der Waals surface area contributed by atoms with Crippen molar-refractivity contribution in [1.82, 2.24) is 0 Å². The fraction of sp³-hybridized carbons (Fsp3) is 0.300. The molecule has 8 heteroatoms. The Hall–Kier alpha value is -3.03. The van der Waals surface area contributed by atoms with Gasteiger partial charge in [0.25, 0.3) is 5.91 Å². The van der Waals surface area contributed by atoms with E-state index >= 15 is 0 Å². The number of amides is 1. The normalized spacial score (nSPS) is 11.2. The predicted molar refractivity (Wildman–Crippen MR) is 97.1 cm³/mol. The second kappa shape index (κ2) is 9.25. The van der Waals surface area contributed by atoms with Gasteiger partial charge in [0.15, 0.2) is 6.61 Å². The number of alkyl halides is 3. The van der Waals surface area contributed by atoms with Gasteiger partial charge in [0.2, 0.25) is 0 Å². The van der Waals surface area contributed by atoms with Crippen molar-refractivity contribution in [2.45, 2.75) is 20.0 Å². The Morgan fingerprint density at radius 2 is 1.61 bits per heavy atom. The molecule has 1 amide bonds. The van der Waals surface area contributed by atoms with Crippen molar-refractivity contribution in [2.75, 3.05) is 18.5 Å². The van der Waals surface area contributed by atoms with Gasteiger partial charge in [0.05, 0.1) is 17.7 Å². The maximum absolute atomic E-state index is 12.5. The van der Waals surface area contributed by atoms with Gasteiger partial charge < -0.3 is 14.8 Å². The summed E-state index contributed by atoms with van der Waals surface area (Å²) in [6.07, 6.45) is -4.45. The fourth-order valence-electron chi connectivity index (χ4n) is 2.10. The molecule has 1 N–H and O–H groups in total. The summed E-state index contributed by atoms with van der Waals surface area (Å²) in [6, 6.07) is 10.2. The number of ether oxygens (including phenoxy) is 2. The van der Waals surface area contributed by atoms with Crippen LogP contribution >= 0.6 is 0 Å². The average Bonchev–Trinajstić information content (AvgIpc) is 2.64. The average molecular weight is 395 g/mol. The molecule has 0 aromatic heterocycles. The molecule has 2 aromatic rings. The number of hydrogen-bond acceptors (Lipinski definition) is 4. The van der Waals surface area contributed by atoms with E-state index in [-0.39, 0.29) is 11.3 Å². The minimum Gasteiger partial charge on any atom is -0.493 e. The predicted octanol–water partition coefficient (Wildman–Crippen LogP) is 4.54. The maximum atomic E-state index is 12.5. The van der Waals surface area contributed by atoms with Crippen LogP contribution in [-0.2, 0) is 15.7 Å². The molecule has 0 aliphatic carbocycles. The summed E-state index contributed by atoms with van der Waals surface area (Å²) < 4.78 is 47.9. The van der Waals surface area contributed by atoms with Crippen LogP contribution in [0.15, 0.2) is 48.5 Å². The lowest BCUT2D eigenvalue weighted by atomic mass is 10.2. The zero-order valence-corrected chi connectivity index (χ0v) is 15.4. The largest absolute Gasteiger partial charge is 0.493 e. The summed E-state index contributed by atoms with van der Waals surface area (Å²) in [5.74, 6) is -0.374. The molecular formula is C20H20F3NO4. The van der Waals surface area contributed by atoms with E-state index in [1.165, 1.54) is 12.1 Å². The Balaban J connectivity index is 1.82. The highest BCUT2D eigenvalue weighted by Crippen LogP contribution is 2.29. The van der Waals surface area contributed by atoms with Crippen molar-refractivity contribution in [1.29, 1.82) is 0 Å². The fourth-order valence-corrected chi connectivity index (χ4v) is 2.10. The molecule has 0 spiro atoms. The lowest BCUT2D eigenvalue weighted by molar-refractivity contribution is -0.137. The van der Waals surface area contributed by atoms with E-state index in [0.29, 0.717) is 18.3 Å². The van der Waals surface area contributed by atoms with Crippen LogP contribution in [0.5, 0.6) is 5.75 Å². The van der Waals surface area contributed by atoms with Crippen LogP contribution < -0.4 is 10.1 Å². The number of benzene rings is 2. The first-order valence-corrected chi connectivity index (χ1v) is 8.52. The van der Waals surface area contributed by atoms with Crippen LogP contribution in [-0.4, -0.2) is 25.1 Å². The molecule has 0 atom stereocenters. The number of halogens is 3. The molecule has 2 rings (SSSR count). The van der Waals surface area contributed by atoms with E-state index in [1.807, 2.05) is 13.8 Å². The standard InChI is InChI=1S/C20H20F3NO4/c1-13(2)11-27-17-9-3-14(4-10-17)19(26)28-12-18(25)24-16-7-5-15(6-8-16)20(21,22)23/h3-10,13H,11-12H2,1-2H3,(H,24,25). The molecule has 150 valence electrons. The van der Waals surface area contributed by atoms with Crippen LogP contribution in [0.1, 0.15) is 29.8 Å². The van der Waals surface area contributed by atoms with E-state index in [0.717, 1.165) is 24.3 Å². The number of hydrogen-bond donors (Lipinski definition) is 1. The van der Waals surface area contributed by atoms with Gasteiger partial charge >= 0.3 is 12.1 Å². The van der Waals surface area contributed by atoms with Gasteiger partial charge in [-0.25, -0.2) is 4.79 Å². The number of carbonyl (C=O) groups is 2. The summed E-state index contributed by atoms with van der Waals surface area (Å²) >= 11 is 0. The molecule has 0 bridgehead atoms. The van der Waals surface area contributed by atoms with Crippen molar-refractivity contribution >= 4 is 17.6 Å². The second-order valence-electron chi connectivity index (χ2n) is 6.43. The van der Waals surface area contributed by atoms with Gasteiger partial charge in [-0.3, -0.25) is 4.79 Å². The van der Waals surface area contributed by atoms with Gasteiger partial charge in [-0.2, -0.15) is 13.2 Å². The summed E-state index contributed by atoms with van der Waals surface area (Å²) in [7, 11) is 0. The molecular weight excluding hydrogens is 375 g/mol. The summed E-state index contributed by atoms with van der Waals surface area (Å²) in [5.41, 5.74) is -0.405. The highest BCUT2D eigenvalue weighted by Gasteiger charge is 2.30. The highest BCUT2D eigenvalue weighted by molar-refractivity contribution is 5.95. The number of nitrogens with one attached hydrogen (secondary N) is 1. The molecule has 0 fully saturated rings. The van der Waals surface area contributed by atoms with E-state index in [9.17, 15) is 22.8 Å². The number of carbonyl (C=O) groups excluding carboxylic acids is 2. The summed E-state index contributed by atoms with van der Waals surface area (Å²) in [5, 5.41) is 2.36. The number of rotatable bonds is 7. The Morgan fingerprint density at radius 1 is 1.00 bits per heavy atom. The third-order valence-corrected chi connectivity index (χ3v) is 3.50. The van der Waals surface area contributed by atoms with E-state index < -0.39 is 30.2 Å². The highest BCUT2D eigenvalue weighted by atomic mass is 19.4. The summed E-state index contributed by atoms with van der Waals surface area (Å²) in [4.78, 5) is 23.8. The SMILES string of the molecule is CC(C)COc1ccc(C(=O)OCC(=O)Nc2ccc(C(F)(F)F)cc2)cc1. The zero-order valence-electron chi connectivity index (χ0n) is 15.4. The van der Waals surface area contributed by atoms with Gasteiger partial charge in [-0.1, -0.05) is 13.8 Å². The smallest absolute Gasteiger partial charge is 0.416 e. The monoisotopic (exact) mass is 395 g/mol. The number of anilines is 1. The Kier molecular flexibility index (Phi) is 7.03. The van der Waals surface area contributed by atoms with E-state index in [2.05, 4.69) is 5.32 Å². The second-order valence-corrected chi connectivity index (χ2v) is 6.43. The van der Waals surface area contributed by atoms with Crippen molar-refractivity contribution in [3.63, 3.8) is 0 Å². The molecule has 0 radical (unpaired) electrons. The molecule has 0 aliphatic heterocycles. The first kappa shape index (κ1) is 21.3.